The van der Waals surface area contributed by atoms with Gasteiger partial charge in [-0.1, -0.05) is 73.7 Å². The van der Waals surface area contributed by atoms with Crippen molar-refractivity contribution in [2.24, 2.45) is 0 Å². The van der Waals surface area contributed by atoms with Gasteiger partial charge in [-0.15, -0.1) is 0 Å². The van der Waals surface area contributed by atoms with Crippen LogP contribution in [0.3, 0.4) is 0 Å². The molecule has 0 atom stereocenters. The topological polar surface area (TPSA) is 49.8 Å². The Morgan fingerprint density at radius 3 is 2.06 bits per heavy atom. The van der Waals surface area contributed by atoms with Crippen LogP contribution in [-0.4, -0.2) is 37.4 Å². The van der Waals surface area contributed by atoms with Gasteiger partial charge in [0, 0.05) is 24.9 Å². The molecule has 1 saturated heterocycles. The highest BCUT2D eigenvalue weighted by Gasteiger charge is 2.15. The molecule has 1 heterocycles. The zero-order chi connectivity index (χ0) is 23.0. The number of rotatable bonds is 7. The fourth-order valence-electron chi connectivity index (χ4n) is 4.27. The molecule has 1 aliphatic rings. The van der Waals surface area contributed by atoms with Crippen LogP contribution in [-0.2, 0) is 9.53 Å². The predicted octanol–water partition coefficient (Wildman–Crippen LogP) is 5.99. The molecule has 0 radical (unpaired) electrons. The summed E-state index contributed by atoms with van der Waals surface area (Å²) in [5.74, 6) is -0.947. The van der Waals surface area contributed by atoms with Crippen LogP contribution >= 0.6 is 0 Å². The minimum absolute atomic E-state index is 0.767. The van der Waals surface area contributed by atoms with Gasteiger partial charge in [-0.05, 0) is 58.0 Å². The molecule has 33 heavy (non-hydrogen) atoms. The quantitative estimate of drug-likeness (QED) is 0.363. The summed E-state index contributed by atoms with van der Waals surface area (Å²) in [7, 11) is 0. The molecule has 0 saturated carbocycles. The Labute approximate surface area is 195 Å². The number of carboxylic acids is 1. The first kappa shape index (κ1) is 22.6. The number of ether oxygens (including phenoxy) is 1. The summed E-state index contributed by atoms with van der Waals surface area (Å²) in [4.78, 5) is 13.2. The minimum atomic E-state index is -0.947. The van der Waals surface area contributed by atoms with Gasteiger partial charge in [0.25, 0.3) is 0 Å². The van der Waals surface area contributed by atoms with E-state index in [9.17, 15) is 4.79 Å². The highest BCUT2D eigenvalue weighted by molar-refractivity contribution is 5.99. The molecule has 1 fully saturated rings. The molecule has 0 bridgehead atoms. The molecule has 168 valence electrons. The van der Waals surface area contributed by atoms with Gasteiger partial charge in [-0.3, -0.25) is 0 Å². The highest BCUT2D eigenvalue weighted by Crippen LogP contribution is 2.35. The molecule has 4 nitrogen and oxygen atoms in total. The molecular weight excluding hydrogens is 410 g/mol. The number of allylic oxidation sites excluding steroid dienone is 1. The smallest absolute Gasteiger partial charge is 0.328 e. The van der Waals surface area contributed by atoms with E-state index in [1.807, 2.05) is 18.2 Å². The molecule has 0 aromatic heterocycles. The van der Waals surface area contributed by atoms with E-state index < -0.39 is 5.97 Å². The molecule has 0 unspecified atom stereocenters. The summed E-state index contributed by atoms with van der Waals surface area (Å²) in [6.07, 6.45) is 3.67. The molecule has 0 aliphatic carbocycles. The summed E-state index contributed by atoms with van der Waals surface area (Å²) in [6, 6.07) is 27.4. The van der Waals surface area contributed by atoms with Crippen molar-refractivity contribution in [1.29, 1.82) is 0 Å². The van der Waals surface area contributed by atoms with E-state index >= 15 is 0 Å². The molecule has 0 amide bonds. The van der Waals surface area contributed by atoms with Gasteiger partial charge in [-0.25, -0.2) is 4.79 Å². The van der Waals surface area contributed by atoms with Crippen molar-refractivity contribution in [2.75, 3.05) is 31.2 Å². The first-order valence-electron chi connectivity index (χ1n) is 11.4. The van der Waals surface area contributed by atoms with Crippen LogP contribution in [0.5, 0.6) is 0 Å². The Morgan fingerprint density at radius 2 is 1.48 bits per heavy atom. The van der Waals surface area contributed by atoms with E-state index in [1.54, 1.807) is 6.08 Å². The highest BCUT2D eigenvalue weighted by atomic mass is 16.5. The average molecular weight is 440 g/mol. The number of hydrogen-bond acceptors (Lipinski definition) is 3. The molecule has 1 aliphatic heterocycles. The molecular formula is C29H29NO3. The van der Waals surface area contributed by atoms with Crippen molar-refractivity contribution < 1.29 is 14.6 Å². The second-order valence-corrected chi connectivity index (χ2v) is 8.01. The van der Waals surface area contributed by atoms with Gasteiger partial charge < -0.3 is 14.7 Å². The van der Waals surface area contributed by atoms with Gasteiger partial charge in [0.15, 0.2) is 0 Å². The Balaban J connectivity index is 1.76. The second kappa shape index (κ2) is 10.8. The SMILES string of the molecule is CCC(=C(c1ccc(C=CC(=O)O)cc1)c1ccc(N2CCOCC2)cc1)c1ccccc1. The summed E-state index contributed by atoms with van der Waals surface area (Å²) >= 11 is 0. The molecule has 3 aromatic rings. The van der Waals surface area contributed by atoms with E-state index in [2.05, 4.69) is 72.5 Å². The van der Waals surface area contributed by atoms with E-state index in [4.69, 9.17) is 9.84 Å². The third-order valence-corrected chi connectivity index (χ3v) is 5.93. The lowest BCUT2D eigenvalue weighted by Gasteiger charge is -2.29. The maximum atomic E-state index is 10.9. The molecule has 1 N–H and O–H groups in total. The largest absolute Gasteiger partial charge is 0.478 e. The van der Waals surface area contributed by atoms with Crippen molar-refractivity contribution in [3.63, 3.8) is 0 Å². The number of carbonyl (C=O) groups is 1. The van der Waals surface area contributed by atoms with Gasteiger partial charge >= 0.3 is 5.97 Å². The number of benzene rings is 3. The zero-order valence-electron chi connectivity index (χ0n) is 18.9. The monoisotopic (exact) mass is 439 g/mol. The van der Waals surface area contributed by atoms with Crippen LogP contribution in [0.2, 0.25) is 0 Å². The molecule has 4 heteroatoms. The lowest BCUT2D eigenvalue weighted by atomic mass is 9.88. The van der Waals surface area contributed by atoms with Crippen molar-refractivity contribution in [3.8, 4) is 0 Å². The van der Waals surface area contributed by atoms with Crippen molar-refractivity contribution in [2.45, 2.75) is 13.3 Å². The number of hydrogen-bond donors (Lipinski definition) is 1. The average Bonchev–Trinajstić information content (AvgIpc) is 2.87. The minimum Gasteiger partial charge on any atom is -0.478 e. The number of aliphatic carboxylic acids is 1. The molecule has 3 aromatic carbocycles. The molecule has 0 spiro atoms. The molecule has 4 rings (SSSR count). The number of carboxylic acid groups (broad SMARTS) is 1. The Morgan fingerprint density at radius 1 is 0.879 bits per heavy atom. The first-order chi connectivity index (χ1) is 16.2. The fourth-order valence-corrected chi connectivity index (χ4v) is 4.27. The maximum absolute atomic E-state index is 10.9. The van der Waals surface area contributed by atoms with E-state index in [1.165, 1.54) is 28.0 Å². The van der Waals surface area contributed by atoms with Crippen LogP contribution in [0.15, 0.2) is 84.9 Å². The second-order valence-electron chi connectivity index (χ2n) is 8.01. The zero-order valence-corrected chi connectivity index (χ0v) is 18.9. The fraction of sp³-hybridized carbons (Fsp3) is 0.207. The van der Waals surface area contributed by atoms with Crippen LogP contribution in [0, 0.1) is 0 Å². The third-order valence-electron chi connectivity index (χ3n) is 5.93. The first-order valence-corrected chi connectivity index (χ1v) is 11.4. The Bertz CT molecular complexity index is 1120. The van der Waals surface area contributed by atoms with Gasteiger partial charge in [0.1, 0.15) is 0 Å². The normalized spacial score (nSPS) is 14.9. The van der Waals surface area contributed by atoms with Gasteiger partial charge in [-0.2, -0.15) is 0 Å². The number of anilines is 1. The summed E-state index contributed by atoms with van der Waals surface area (Å²) in [5.41, 5.74) is 8.05. The van der Waals surface area contributed by atoms with Crippen LogP contribution in [0.1, 0.15) is 35.6 Å². The standard InChI is InChI=1S/C29H29NO3/c1-2-27(23-6-4-3-5-7-23)29(24-11-8-22(9-12-24)10-17-28(31)32)25-13-15-26(16-14-25)30-18-20-33-21-19-30/h3-17H,2,18-21H2,1H3,(H,31,32). The van der Waals surface area contributed by atoms with Crippen LogP contribution < -0.4 is 4.90 Å². The third kappa shape index (κ3) is 5.60. The number of nitrogens with zero attached hydrogens (tertiary/aromatic N) is 1. The Kier molecular flexibility index (Phi) is 7.38. The predicted molar refractivity (Wildman–Crippen MR) is 135 cm³/mol. The summed E-state index contributed by atoms with van der Waals surface area (Å²) in [6.45, 7) is 5.55. The summed E-state index contributed by atoms with van der Waals surface area (Å²) in [5, 5.41) is 8.91. The van der Waals surface area contributed by atoms with E-state index in [0.29, 0.717) is 0 Å². The lowest BCUT2D eigenvalue weighted by molar-refractivity contribution is -0.131. The number of morpholine rings is 1. The van der Waals surface area contributed by atoms with Crippen molar-refractivity contribution >= 4 is 28.9 Å². The van der Waals surface area contributed by atoms with E-state index in [0.717, 1.165) is 49.9 Å². The van der Waals surface area contributed by atoms with Crippen molar-refractivity contribution in [1.82, 2.24) is 0 Å². The van der Waals surface area contributed by atoms with Gasteiger partial charge in [0.2, 0.25) is 0 Å². The Hall–Kier alpha value is -3.63. The van der Waals surface area contributed by atoms with Crippen molar-refractivity contribution in [3.05, 3.63) is 107 Å². The lowest BCUT2D eigenvalue weighted by Crippen LogP contribution is -2.36. The summed E-state index contributed by atoms with van der Waals surface area (Å²) < 4.78 is 5.49. The van der Waals surface area contributed by atoms with E-state index in [-0.39, 0.29) is 0 Å². The van der Waals surface area contributed by atoms with Gasteiger partial charge in [0.05, 0.1) is 13.2 Å². The maximum Gasteiger partial charge on any atom is 0.328 e. The van der Waals surface area contributed by atoms with Crippen LogP contribution in [0.25, 0.3) is 17.2 Å². The van der Waals surface area contributed by atoms with Crippen LogP contribution in [0.4, 0.5) is 5.69 Å².